The maximum atomic E-state index is 12.4. The van der Waals surface area contributed by atoms with Crippen molar-refractivity contribution in [2.45, 2.75) is 6.54 Å². The normalized spacial score (nSPS) is 10.0. The average molecular weight is 313 g/mol. The molecule has 0 fully saturated rings. The summed E-state index contributed by atoms with van der Waals surface area (Å²) in [6, 6.07) is 10.5. The Balaban J connectivity index is 2.03. The van der Waals surface area contributed by atoms with Gasteiger partial charge >= 0.3 is 0 Å². The minimum atomic E-state index is -0.134. The molecule has 1 aromatic carbocycles. The van der Waals surface area contributed by atoms with Gasteiger partial charge in [0, 0.05) is 38.5 Å². The molecule has 0 atom stereocenters. The van der Waals surface area contributed by atoms with Crippen molar-refractivity contribution < 1.29 is 14.3 Å². The average Bonchev–Trinajstić information content (AvgIpc) is 2.61. The fourth-order valence-corrected chi connectivity index (χ4v) is 2.10. The first-order chi connectivity index (χ1) is 11.0. The second-order valence-electron chi connectivity index (χ2n) is 5.03. The van der Waals surface area contributed by atoms with E-state index >= 15 is 0 Å². The number of amides is 2. The summed E-state index contributed by atoms with van der Waals surface area (Å²) in [6.07, 6.45) is 1.49. The Morgan fingerprint density at radius 3 is 2.30 bits per heavy atom. The molecule has 2 rings (SSSR count). The highest BCUT2D eigenvalue weighted by atomic mass is 16.5. The molecule has 1 N–H and O–H groups in total. The first kappa shape index (κ1) is 16.5. The van der Waals surface area contributed by atoms with E-state index in [0.717, 1.165) is 5.56 Å². The molecule has 0 bridgehead atoms. The molecule has 1 heterocycles. The molecule has 2 amide bonds. The summed E-state index contributed by atoms with van der Waals surface area (Å²) in [5.41, 5.74) is 2.02. The van der Waals surface area contributed by atoms with Gasteiger partial charge in [0.2, 0.25) is 5.88 Å². The molecular formula is C17H19N3O3. The zero-order valence-electron chi connectivity index (χ0n) is 13.4. The summed E-state index contributed by atoms with van der Waals surface area (Å²) < 4.78 is 4.98. The van der Waals surface area contributed by atoms with E-state index in [1.807, 2.05) is 12.1 Å². The third-order valence-electron chi connectivity index (χ3n) is 3.40. The maximum Gasteiger partial charge on any atom is 0.255 e. The van der Waals surface area contributed by atoms with E-state index in [0.29, 0.717) is 23.6 Å². The van der Waals surface area contributed by atoms with Crippen molar-refractivity contribution in [3.63, 3.8) is 0 Å². The number of carbonyl (C=O) groups is 2. The number of pyridine rings is 1. The van der Waals surface area contributed by atoms with Crippen molar-refractivity contribution in [2.24, 2.45) is 0 Å². The first-order valence-corrected chi connectivity index (χ1v) is 7.11. The zero-order valence-corrected chi connectivity index (χ0v) is 13.4. The van der Waals surface area contributed by atoms with Crippen LogP contribution in [0.1, 0.15) is 26.3 Å². The van der Waals surface area contributed by atoms with E-state index < -0.39 is 0 Å². The molecule has 0 saturated heterocycles. The van der Waals surface area contributed by atoms with Crippen LogP contribution in [0.5, 0.6) is 5.88 Å². The Morgan fingerprint density at radius 2 is 1.78 bits per heavy atom. The monoisotopic (exact) mass is 313 g/mol. The molecular weight excluding hydrogens is 294 g/mol. The van der Waals surface area contributed by atoms with Crippen LogP contribution in [0.15, 0.2) is 42.6 Å². The molecule has 6 nitrogen and oxygen atoms in total. The summed E-state index contributed by atoms with van der Waals surface area (Å²) in [5.74, 6) is 0.204. The van der Waals surface area contributed by atoms with Crippen LogP contribution >= 0.6 is 0 Å². The Kier molecular flexibility index (Phi) is 5.30. The van der Waals surface area contributed by atoms with E-state index in [-0.39, 0.29) is 11.8 Å². The predicted molar refractivity (Wildman–Crippen MR) is 86.4 cm³/mol. The lowest BCUT2D eigenvalue weighted by Gasteiger charge is -2.17. The van der Waals surface area contributed by atoms with Crippen LogP contribution in [0.2, 0.25) is 0 Å². The van der Waals surface area contributed by atoms with Crippen LogP contribution in [-0.4, -0.2) is 42.9 Å². The van der Waals surface area contributed by atoms with E-state index in [4.69, 9.17) is 4.74 Å². The second-order valence-corrected chi connectivity index (χ2v) is 5.03. The molecule has 6 heteroatoms. The van der Waals surface area contributed by atoms with Crippen molar-refractivity contribution in [1.29, 1.82) is 0 Å². The molecule has 120 valence electrons. The van der Waals surface area contributed by atoms with Crippen molar-refractivity contribution in [3.05, 3.63) is 59.3 Å². The van der Waals surface area contributed by atoms with Gasteiger partial charge in [0.1, 0.15) is 0 Å². The van der Waals surface area contributed by atoms with Crippen molar-refractivity contribution in [3.8, 4) is 5.88 Å². The van der Waals surface area contributed by atoms with Gasteiger partial charge in [0.15, 0.2) is 0 Å². The Bertz CT molecular complexity index is 681. The molecule has 0 unspecified atom stereocenters. The standard InChI is InChI=1S/C17H19N3O3/c1-18-16(21)13-6-4-12(5-7-13)11-20(2)17(22)14-8-9-15(23-3)19-10-14/h4-10H,11H2,1-3H3,(H,18,21). The van der Waals surface area contributed by atoms with Gasteiger partial charge in [-0.1, -0.05) is 12.1 Å². The van der Waals surface area contributed by atoms with E-state index in [9.17, 15) is 9.59 Å². The van der Waals surface area contributed by atoms with Gasteiger partial charge in [0.05, 0.1) is 12.7 Å². The molecule has 2 aromatic rings. The fraction of sp³-hybridized carbons (Fsp3) is 0.235. The van der Waals surface area contributed by atoms with E-state index in [1.54, 1.807) is 43.3 Å². The summed E-state index contributed by atoms with van der Waals surface area (Å²) in [4.78, 5) is 29.5. The third-order valence-corrected chi connectivity index (χ3v) is 3.40. The number of hydrogen-bond acceptors (Lipinski definition) is 4. The van der Waals surface area contributed by atoms with Crippen LogP contribution in [0.4, 0.5) is 0 Å². The molecule has 23 heavy (non-hydrogen) atoms. The Labute approximate surface area is 135 Å². The molecule has 1 aromatic heterocycles. The lowest BCUT2D eigenvalue weighted by Crippen LogP contribution is -2.26. The van der Waals surface area contributed by atoms with Gasteiger partial charge in [-0.3, -0.25) is 9.59 Å². The number of ether oxygens (including phenoxy) is 1. The number of rotatable bonds is 5. The van der Waals surface area contributed by atoms with Gasteiger partial charge < -0.3 is 15.0 Å². The molecule has 0 aliphatic carbocycles. The smallest absolute Gasteiger partial charge is 0.255 e. The number of benzene rings is 1. The SMILES string of the molecule is CNC(=O)c1ccc(CN(C)C(=O)c2ccc(OC)nc2)cc1. The highest BCUT2D eigenvalue weighted by Crippen LogP contribution is 2.12. The highest BCUT2D eigenvalue weighted by Gasteiger charge is 2.13. The minimum Gasteiger partial charge on any atom is -0.481 e. The summed E-state index contributed by atoms with van der Waals surface area (Å²) in [7, 11) is 4.84. The lowest BCUT2D eigenvalue weighted by molar-refractivity contribution is 0.0784. The number of aromatic nitrogens is 1. The van der Waals surface area contributed by atoms with Gasteiger partial charge in [-0.2, -0.15) is 0 Å². The Hall–Kier alpha value is -2.89. The minimum absolute atomic E-state index is 0.129. The number of hydrogen-bond donors (Lipinski definition) is 1. The van der Waals surface area contributed by atoms with Crippen LogP contribution < -0.4 is 10.1 Å². The molecule has 0 aliphatic rings. The zero-order chi connectivity index (χ0) is 16.8. The summed E-state index contributed by atoms with van der Waals surface area (Å²) >= 11 is 0. The number of methoxy groups -OCH3 is 1. The van der Waals surface area contributed by atoms with Crippen LogP contribution in [0.3, 0.4) is 0 Å². The number of nitrogens with zero attached hydrogens (tertiary/aromatic N) is 2. The van der Waals surface area contributed by atoms with Gasteiger partial charge in [-0.05, 0) is 23.8 Å². The number of carbonyl (C=O) groups excluding carboxylic acids is 2. The topological polar surface area (TPSA) is 71.5 Å². The number of nitrogens with one attached hydrogen (secondary N) is 1. The first-order valence-electron chi connectivity index (χ1n) is 7.11. The van der Waals surface area contributed by atoms with Gasteiger partial charge in [-0.25, -0.2) is 4.98 Å². The second kappa shape index (κ2) is 7.40. The van der Waals surface area contributed by atoms with Crippen LogP contribution in [0, 0.1) is 0 Å². The largest absolute Gasteiger partial charge is 0.481 e. The summed E-state index contributed by atoms with van der Waals surface area (Å²) in [5, 5.41) is 2.57. The molecule has 0 spiro atoms. The van der Waals surface area contributed by atoms with Crippen molar-refractivity contribution in [1.82, 2.24) is 15.2 Å². The Morgan fingerprint density at radius 1 is 1.13 bits per heavy atom. The van der Waals surface area contributed by atoms with Crippen LogP contribution in [-0.2, 0) is 6.54 Å². The van der Waals surface area contributed by atoms with Crippen molar-refractivity contribution in [2.75, 3.05) is 21.2 Å². The van der Waals surface area contributed by atoms with Crippen LogP contribution in [0.25, 0.3) is 0 Å². The third kappa shape index (κ3) is 4.06. The molecule has 0 saturated carbocycles. The summed E-state index contributed by atoms with van der Waals surface area (Å²) in [6.45, 7) is 0.443. The maximum absolute atomic E-state index is 12.4. The highest BCUT2D eigenvalue weighted by molar-refractivity contribution is 5.94. The van der Waals surface area contributed by atoms with E-state index in [1.165, 1.54) is 13.3 Å². The molecule has 0 radical (unpaired) electrons. The quantitative estimate of drug-likeness (QED) is 0.912. The van der Waals surface area contributed by atoms with Crippen molar-refractivity contribution >= 4 is 11.8 Å². The predicted octanol–water partition coefficient (Wildman–Crippen LogP) is 1.72. The molecule has 0 aliphatic heterocycles. The lowest BCUT2D eigenvalue weighted by atomic mass is 10.1. The van der Waals surface area contributed by atoms with Gasteiger partial charge in [0.25, 0.3) is 11.8 Å². The van der Waals surface area contributed by atoms with E-state index in [2.05, 4.69) is 10.3 Å². The fourth-order valence-electron chi connectivity index (χ4n) is 2.10. The van der Waals surface area contributed by atoms with Gasteiger partial charge in [-0.15, -0.1) is 0 Å².